The van der Waals surface area contributed by atoms with Crippen LogP contribution in [0.15, 0.2) is 48.5 Å². The maximum atomic E-state index is 12.2. The van der Waals surface area contributed by atoms with Gasteiger partial charge in [0, 0.05) is 18.1 Å². The number of halogens is 1. The van der Waals surface area contributed by atoms with E-state index in [0.29, 0.717) is 35.4 Å². The van der Waals surface area contributed by atoms with Gasteiger partial charge in [-0.2, -0.15) is 0 Å². The SMILES string of the molecule is COc1ccc(/C=C/C(=O)N(C)CCOc2cccc(Cl)c2)cc1OC. The fourth-order valence-electron chi connectivity index (χ4n) is 2.22. The lowest BCUT2D eigenvalue weighted by atomic mass is 10.2. The molecule has 0 atom stereocenters. The zero-order valence-corrected chi connectivity index (χ0v) is 15.8. The van der Waals surface area contributed by atoms with Crippen molar-refractivity contribution in [1.82, 2.24) is 4.90 Å². The van der Waals surface area contributed by atoms with Crippen LogP contribution in [-0.2, 0) is 4.79 Å². The molecule has 0 aliphatic carbocycles. The normalized spacial score (nSPS) is 10.6. The lowest BCUT2D eigenvalue weighted by Gasteiger charge is -2.15. The third kappa shape index (κ3) is 5.70. The number of benzene rings is 2. The Morgan fingerprint density at radius 1 is 1.12 bits per heavy atom. The van der Waals surface area contributed by atoms with Gasteiger partial charge >= 0.3 is 0 Å². The van der Waals surface area contributed by atoms with Crippen molar-refractivity contribution in [1.29, 1.82) is 0 Å². The van der Waals surface area contributed by atoms with Crippen molar-refractivity contribution in [3.63, 3.8) is 0 Å². The average molecular weight is 376 g/mol. The molecule has 0 fully saturated rings. The first-order chi connectivity index (χ1) is 12.5. The third-order valence-electron chi connectivity index (χ3n) is 3.69. The molecule has 5 nitrogen and oxygen atoms in total. The van der Waals surface area contributed by atoms with Crippen molar-refractivity contribution in [3.8, 4) is 17.2 Å². The molecule has 2 aromatic rings. The molecule has 6 heteroatoms. The van der Waals surface area contributed by atoms with Gasteiger partial charge in [0.2, 0.25) is 5.91 Å². The summed E-state index contributed by atoms with van der Waals surface area (Å²) < 4.78 is 16.0. The van der Waals surface area contributed by atoms with Crippen molar-refractivity contribution >= 4 is 23.6 Å². The first kappa shape index (κ1) is 19.7. The molecular weight excluding hydrogens is 354 g/mol. The lowest BCUT2D eigenvalue weighted by molar-refractivity contribution is -0.125. The highest BCUT2D eigenvalue weighted by atomic mass is 35.5. The van der Waals surface area contributed by atoms with E-state index in [4.69, 9.17) is 25.8 Å². The van der Waals surface area contributed by atoms with Gasteiger partial charge in [0.1, 0.15) is 12.4 Å². The van der Waals surface area contributed by atoms with E-state index in [1.54, 1.807) is 50.4 Å². The number of carbonyl (C=O) groups is 1. The zero-order chi connectivity index (χ0) is 18.9. The van der Waals surface area contributed by atoms with Gasteiger partial charge in [0.15, 0.2) is 11.5 Å². The van der Waals surface area contributed by atoms with Crippen LogP contribution < -0.4 is 14.2 Å². The molecule has 0 radical (unpaired) electrons. The van der Waals surface area contributed by atoms with Gasteiger partial charge < -0.3 is 19.1 Å². The van der Waals surface area contributed by atoms with Crippen LogP contribution in [0.2, 0.25) is 5.02 Å². The van der Waals surface area contributed by atoms with Crippen LogP contribution in [0.4, 0.5) is 0 Å². The van der Waals surface area contributed by atoms with Gasteiger partial charge in [0.25, 0.3) is 0 Å². The first-order valence-electron chi connectivity index (χ1n) is 8.07. The van der Waals surface area contributed by atoms with Crippen LogP contribution in [0.3, 0.4) is 0 Å². The summed E-state index contributed by atoms with van der Waals surface area (Å²) in [6, 6.07) is 12.6. The van der Waals surface area contributed by atoms with E-state index < -0.39 is 0 Å². The van der Waals surface area contributed by atoms with Crippen molar-refractivity contribution in [3.05, 3.63) is 59.1 Å². The maximum Gasteiger partial charge on any atom is 0.246 e. The van der Waals surface area contributed by atoms with Crippen LogP contribution in [0.1, 0.15) is 5.56 Å². The number of likely N-dealkylation sites (N-methyl/N-ethyl adjacent to an activating group) is 1. The van der Waals surface area contributed by atoms with Gasteiger partial charge in [-0.15, -0.1) is 0 Å². The minimum atomic E-state index is -0.116. The van der Waals surface area contributed by atoms with E-state index in [1.807, 2.05) is 24.3 Å². The lowest BCUT2D eigenvalue weighted by Crippen LogP contribution is -2.29. The molecule has 0 unspecified atom stereocenters. The summed E-state index contributed by atoms with van der Waals surface area (Å²) in [5.41, 5.74) is 0.847. The summed E-state index contributed by atoms with van der Waals surface area (Å²) >= 11 is 5.91. The Kier molecular flexibility index (Phi) is 7.36. The smallest absolute Gasteiger partial charge is 0.246 e. The van der Waals surface area contributed by atoms with Crippen molar-refractivity contribution in [2.45, 2.75) is 0 Å². The Morgan fingerprint density at radius 3 is 2.58 bits per heavy atom. The molecule has 0 aliphatic heterocycles. The molecule has 0 bridgehead atoms. The van der Waals surface area contributed by atoms with E-state index in [-0.39, 0.29) is 5.91 Å². The summed E-state index contributed by atoms with van der Waals surface area (Å²) in [6.07, 6.45) is 3.25. The summed E-state index contributed by atoms with van der Waals surface area (Å²) in [7, 11) is 4.88. The molecule has 26 heavy (non-hydrogen) atoms. The Hall–Kier alpha value is -2.66. The molecule has 138 valence electrons. The van der Waals surface area contributed by atoms with E-state index in [9.17, 15) is 4.79 Å². The molecule has 0 heterocycles. The zero-order valence-electron chi connectivity index (χ0n) is 15.1. The summed E-state index contributed by atoms with van der Waals surface area (Å²) in [5, 5.41) is 0.616. The van der Waals surface area contributed by atoms with E-state index in [0.717, 1.165) is 5.56 Å². The fraction of sp³-hybridized carbons (Fsp3) is 0.250. The molecule has 2 aromatic carbocycles. The fourth-order valence-corrected chi connectivity index (χ4v) is 2.40. The van der Waals surface area contributed by atoms with Gasteiger partial charge in [-0.05, 0) is 42.0 Å². The molecule has 0 saturated heterocycles. The van der Waals surface area contributed by atoms with Crippen LogP contribution in [-0.4, -0.2) is 45.2 Å². The predicted octanol–water partition coefficient (Wildman–Crippen LogP) is 3.91. The number of ether oxygens (including phenoxy) is 3. The van der Waals surface area contributed by atoms with E-state index >= 15 is 0 Å². The highest BCUT2D eigenvalue weighted by Crippen LogP contribution is 2.28. The van der Waals surface area contributed by atoms with Crippen LogP contribution >= 0.6 is 11.6 Å². The number of hydrogen-bond acceptors (Lipinski definition) is 4. The number of carbonyl (C=O) groups excluding carboxylic acids is 1. The highest BCUT2D eigenvalue weighted by molar-refractivity contribution is 6.30. The molecule has 0 saturated carbocycles. The monoisotopic (exact) mass is 375 g/mol. The van der Waals surface area contributed by atoms with Crippen LogP contribution in [0.25, 0.3) is 6.08 Å². The second-order valence-corrected chi connectivity index (χ2v) is 5.95. The summed E-state index contributed by atoms with van der Waals surface area (Å²) in [6.45, 7) is 0.842. The minimum absolute atomic E-state index is 0.116. The number of amides is 1. The first-order valence-corrected chi connectivity index (χ1v) is 8.45. The Morgan fingerprint density at radius 2 is 1.88 bits per heavy atom. The number of hydrogen-bond donors (Lipinski definition) is 0. The number of nitrogens with zero attached hydrogens (tertiary/aromatic N) is 1. The predicted molar refractivity (Wildman–Crippen MR) is 103 cm³/mol. The van der Waals surface area contributed by atoms with Crippen molar-refractivity contribution in [2.24, 2.45) is 0 Å². The molecule has 0 spiro atoms. The van der Waals surface area contributed by atoms with Crippen LogP contribution in [0.5, 0.6) is 17.2 Å². The quantitative estimate of drug-likeness (QED) is 0.656. The molecule has 0 N–H and O–H groups in total. The highest BCUT2D eigenvalue weighted by Gasteiger charge is 2.06. The molecule has 1 amide bonds. The summed E-state index contributed by atoms with van der Waals surface area (Å²) in [5.74, 6) is 1.82. The largest absolute Gasteiger partial charge is 0.493 e. The standard InChI is InChI=1S/C20H22ClNO4/c1-22(11-12-26-17-6-4-5-16(21)14-17)20(23)10-8-15-7-9-18(24-2)19(13-15)25-3/h4-10,13-14H,11-12H2,1-3H3/b10-8+. The van der Waals surface area contributed by atoms with E-state index in [2.05, 4.69) is 0 Å². The average Bonchev–Trinajstić information content (AvgIpc) is 2.65. The third-order valence-corrected chi connectivity index (χ3v) is 3.93. The van der Waals surface area contributed by atoms with Crippen molar-refractivity contribution in [2.75, 3.05) is 34.4 Å². The molecule has 0 aliphatic rings. The second-order valence-electron chi connectivity index (χ2n) is 5.51. The molecule has 2 rings (SSSR count). The number of rotatable bonds is 8. The van der Waals surface area contributed by atoms with Gasteiger partial charge in [-0.1, -0.05) is 23.7 Å². The summed E-state index contributed by atoms with van der Waals surface area (Å²) in [4.78, 5) is 13.8. The molecule has 0 aromatic heterocycles. The van der Waals surface area contributed by atoms with Gasteiger partial charge in [-0.3, -0.25) is 4.79 Å². The molecular formula is C20H22ClNO4. The topological polar surface area (TPSA) is 48.0 Å². The Balaban J connectivity index is 1.87. The number of methoxy groups -OCH3 is 2. The minimum Gasteiger partial charge on any atom is -0.493 e. The Bertz CT molecular complexity index is 776. The Labute approximate surface area is 158 Å². The maximum absolute atomic E-state index is 12.2. The van der Waals surface area contributed by atoms with E-state index in [1.165, 1.54) is 6.08 Å². The van der Waals surface area contributed by atoms with Gasteiger partial charge in [0.05, 0.1) is 20.8 Å². The van der Waals surface area contributed by atoms with Gasteiger partial charge in [-0.25, -0.2) is 0 Å². The second kappa shape index (κ2) is 9.73. The van der Waals surface area contributed by atoms with Crippen LogP contribution in [0, 0.1) is 0 Å². The van der Waals surface area contributed by atoms with Crippen molar-refractivity contribution < 1.29 is 19.0 Å².